The van der Waals surface area contributed by atoms with Gasteiger partial charge in [-0.2, -0.15) is 5.26 Å². The zero-order valence-electron chi connectivity index (χ0n) is 5.96. The highest BCUT2D eigenvalue weighted by Gasteiger charge is 2.09. The molecule has 3 heteroatoms. The Morgan fingerprint density at radius 3 is 3.36 bits per heavy atom. The highest BCUT2D eigenvalue weighted by Crippen LogP contribution is 2.20. The smallest absolute Gasteiger partial charge is 0.142 e. The summed E-state index contributed by atoms with van der Waals surface area (Å²) < 4.78 is 0. The fourth-order valence-electron chi connectivity index (χ4n) is 1.24. The monoisotopic (exact) mass is 145 g/mol. The number of hydrogen-bond donors (Lipinski definition) is 1. The van der Waals surface area contributed by atoms with Crippen LogP contribution < -0.4 is 5.32 Å². The molecule has 3 nitrogen and oxygen atoms in total. The van der Waals surface area contributed by atoms with E-state index in [1.165, 1.54) is 5.56 Å². The third-order valence-electron chi connectivity index (χ3n) is 1.81. The summed E-state index contributed by atoms with van der Waals surface area (Å²) in [6.07, 6.45) is 2.79. The molecule has 0 fully saturated rings. The van der Waals surface area contributed by atoms with Crippen molar-refractivity contribution in [2.75, 3.05) is 11.9 Å². The lowest BCUT2D eigenvalue weighted by Gasteiger charge is -1.96. The van der Waals surface area contributed by atoms with Crippen LogP contribution >= 0.6 is 0 Å². The molecule has 2 heterocycles. The van der Waals surface area contributed by atoms with E-state index in [-0.39, 0.29) is 0 Å². The number of nitriles is 1. The van der Waals surface area contributed by atoms with E-state index in [1.54, 1.807) is 12.3 Å². The van der Waals surface area contributed by atoms with Crippen molar-refractivity contribution in [3.8, 4) is 6.07 Å². The summed E-state index contributed by atoms with van der Waals surface area (Å²) in [5.41, 5.74) is 2.76. The fourth-order valence-corrected chi connectivity index (χ4v) is 1.24. The van der Waals surface area contributed by atoms with Crippen LogP contribution in [0.4, 0.5) is 5.69 Å². The minimum Gasteiger partial charge on any atom is -0.384 e. The van der Waals surface area contributed by atoms with Crippen LogP contribution in [0.25, 0.3) is 0 Å². The average Bonchev–Trinajstić information content (AvgIpc) is 2.50. The Labute approximate surface area is 64.7 Å². The van der Waals surface area contributed by atoms with Gasteiger partial charge < -0.3 is 5.32 Å². The van der Waals surface area contributed by atoms with Gasteiger partial charge in [0.1, 0.15) is 11.8 Å². The van der Waals surface area contributed by atoms with Gasteiger partial charge in [-0.3, -0.25) is 0 Å². The SMILES string of the molecule is N#Cc1cc2c(cn1)CCN2. The second kappa shape index (κ2) is 2.24. The molecular formula is C8H7N3. The Balaban J connectivity index is 2.51. The first-order chi connectivity index (χ1) is 5.40. The van der Waals surface area contributed by atoms with Crippen molar-refractivity contribution >= 4 is 5.69 Å². The van der Waals surface area contributed by atoms with Crippen molar-refractivity contribution < 1.29 is 0 Å². The first kappa shape index (κ1) is 6.17. The Bertz CT molecular complexity index is 325. The maximum Gasteiger partial charge on any atom is 0.142 e. The number of nitrogens with one attached hydrogen (secondary N) is 1. The van der Waals surface area contributed by atoms with Crippen molar-refractivity contribution in [3.63, 3.8) is 0 Å². The molecule has 0 radical (unpaired) electrons. The fraction of sp³-hybridized carbons (Fsp3) is 0.250. The molecule has 0 unspecified atom stereocenters. The molecule has 0 aliphatic carbocycles. The molecule has 1 aromatic rings. The molecule has 0 saturated carbocycles. The van der Waals surface area contributed by atoms with E-state index in [0.29, 0.717) is 5.69 Å². The molecular weight excluding hydrogens is 138 g/mol. The standard InChI is InChI=1S/C8H7N3/c9-4-7-3-8-6(5-11-7)1-2-10-8/h3,5,10H,1-2H2. The first-order valence-corrected chi connectivity index (χ1v) is 3.53. The van der Waals surface area contributed by atoms with Crippen LogP contribution in [-0.4, -0.2) is 11.5 Å². The largest absolute Gasteiger partial charge is 0.384 e. The molecule has 0 aromatic carbocycles. The number of pyridine rings is 1. The first-order valence-electron chi connectivity index (χ1n) is 3.53. The van der Waals surface area contributed by atoms with Crippen molar-refractivity contribution in [1.29, 1.82) is 5.26 Å². The number of aromatic nitrogens is 1. The van der Waals surface area contributed by atoms with Gasteiger partial charge in [0.2, 0.25) is 0 Å². The van der Waals surface area contributed by atoms with E-state index in [1.807, 2.05) is 6.07 Å². The van der Waals surface area contributed by atoms with E-state index in [9.17, 15) is 0 Å². The van der Waals surface area contributed by atoms with Gasteiger partial charge in [-0.1, -0.05) is 0 Å². The second-order valence-corrected chi connectivity index (χ2v) is 2.52. The highest BCUT2D eigenvalue weighted by molar-refractivity contribution is 5.56. The van der Waals surface area contributed by atoms with E-state index in [0.717, 1.165) is 18.7 Å². The summed E-state index contributed by atoms with van der Waals surface area (Å²) in [5, 5.41) is 11.7. The second-order valence-electron chi connectivity index (χ2n) is 2.52. The lowest BCUT2D eigenvalue weighted by Crippen LogP contribution is -1.91. The Kier molecular flexibility index (Phi) is 1.26. The van der Waals surface area contributed by atoms with E-state index < -0.39 is 0 Å². The molecule has 0 saturated heterocycles. The third kappa shape index (κ3) is 0.926. The summed E-state index contributed by atoms with van der Waals surface area (Å²) in [6, 6.07) is 3.80. The maximum absolute atomic E-state index is 8.53. The molecule has 1 aliphatic rings. The summed E-state index contributed by atoms with van der Waals surface area (Å²) >= 11 is 0. The van der Waals surface area contributed by atoms with Crippen LogP contribution in [0.3, 0.4) is 0 Å². The van der Waals surface area contributed by atoms with Crippen molar-refractivity contribution in [3.05, 3.63) is 23.5 Å². The zero-order valence-corrected chi connectivity index (χ0v) is 5.96. The van der Waals surface area contributed by atoms with Gasteiger partial charge in [-0.05, 0) is 18.1 Å². The van der Waals surface area contributed by atoms with Crippen molar-refractivity contribution in [2.45, 2.75) is 6.42 Å². The van der Waals surface area contributed by atoms with Gasteiger partial charge in [-0.15, -0.1) is 0 Å². The summed E-state index contributed by atoms with van der Waals surface area (Å²) in [6.45, 7) is 0.964. The van der Waals surface area contributed by atoms with Gasteiger partial charge in [-0.25, -0.2) is 4.98 Å². The lowest BCUT2D eigenvalue weighted by molar-refractivity contribution is 1.09. The van der Waals surface area contributed by atoms with Crippen LogP contribution in [0.5, 0.6) is 0 Å². The topological polar surface area (TPSA) is 48.7 Å². The van der Waals surface area contributed by atoms with Gasteiger partial charge in [0.05, 0.1) is 0 Å². The molecule has 0 amide bonds. The minimum absolute atomic E-state index is 0.484. The predicted molar refractivity (Wildman–Crippen MR) is 41.1 cm³/mol. The molecule has 0 bridgehead atoms. The summed E-state index contributed by atoms with van der Waals surface area (Å²) in [7, 11) is 0. The minimum atomic E-state index is 0.484. The van der Waals surface area contributed by atoms with E-state index in [4.69, 9.17) is 5.26 Å². The molecule has 1 N–H and O–H groups in total. The lowest BCUT2D eigenvalue weighted by atomic mass is 10.2. The molecule has 2 rings (SSSR count). The number of nitrogens with zero attached hydrogens (tertiary/aromatic N) is 2. The third-order valence-corrected chi connectivity index (χ3v) is 1.81. The number of hydrogen-bond acceptors (Lipinski definition) is 3. The quantitative estimate of drug-likeness (QED) is 0.590. The number of anilines is 1. The normalized spacial score (nSPS) is 13.4. The molecule has 0 spiro atoms. The van der Waals surface area contributed by atoms with Crippen LogP contribution in [-0.2, 0) is 6.42 Å². The molecule has 1 aliphatic heterocycles. The summed E-state index contributed by atoms with van der Waals surface area (Å²) in [4.78, 5) is 3.97. The molecule has 1 aromatic heterocycles. The Morgan fingerprint density at radius 1 is 1.64 bits per heavy atom. The molecule has 54 valence electrons. The van der Waals surface area contributed by atoms with E-state index in [2.05, 4.69) is 10.3 Å². The van der Waals surface area contributed by atoms with Crippen LogP contribution in [0.2, 0.25) is 0 Å². The Morgan fingerprint density at radius 2 is 2.55 bits per heavy atom. The van der Waals surface area contributed by atoms with Gasteiger partial charge in [0, 0.05) is 18.4 Å². The van der Waals surface area contributed by atoms with E-state index >= 15 is 0 Å². The average molecular weight is 145 g/mol. The number of rotatable bonds is 0. The van der Waals surface area contributed by atoms with Crippen molar-refractivity contribution in [2.24, 2.45) is 0 Å². The Hall–Kier alpha value is -1.56. The van der Waals surface area contributed by atoms with Crippen LogP contribution in [0.15, 0.2) is 12.3 Å². The number of fused-ring (bicyclic) bond motifs is 1. The maximum atomic E-state index is 8.53. The van der Waals surface area contributed by atoms with Crippen LogP contribution in [0.1, 0.15) is 11.3 Å². The van der Waals surface area contributed by atoms with Gasteiger partial charge >= 0.3 is 0 Å². The van der Waals surface area contributed by atoms with Crippen molar-refractivity contribution in [1.82, 2.24) is 4.98 Å². The molecule has 11 heavy (non-hydrogen) atoms. The zero-order chi connectivity index (χ0) is 7.68. The summed E-state index contributed by atoms with van der Waals surface area (Å²) in [5.74, 6) is 0. The van der Waals surface area contributed by atoms with Gasteiger partial charge in [0.15, 0.2) is 0 Å². The molecule has 0 atom stereocenters. The van der Waals surface area contributed by atoms with Crippen LogP contribution in [0, 0.1) is 11.3 Å². The van der Waals surface area contributed by atoms with Gasteiger partial charge in [0.25, 0.3) is 0 Å². The predicted octanol–water partition coefficient (Wildman–Crippen LogP) is 0.921. The highest BCUT2D eigenvalue weighted by atomic mass is 14.9.